The van der Waals surface area contributed by atoms with E-state index in [1.165, 1.54) is 0 Å². The van der Waals surface area contributed by atoms with Crippen LogP contribution in [0.1, 0.15) is 28.4 Å². The number of rotatable bonds is 6. The Hall–Kier alpha value is -1.65. The van der Waals surface area contributed by atoms with Gasteiger partial charge in [-0.05, 0) is 35.9 Å². The third-order valence-electron chi connectivity index (χ3n) is 2.99. The molecule has 0 aliphatic heterocycles. The number of hydrogen-bond donors (Lipinski definition) is 1. The summed E-state index contributed by atoms with van der Waals surface area (Å²) in [6.07, 6.45) is 0. The zero-order valence-corrected chi connectivity index (χ0v) is 13.5. The first-order valence-corrected chi connectivity index (χ1v) is 7.69. The van der Waals surface area contributed by atoms with Crippen LogP contribution in [0.25, 0.3) is 0 Å². The Balaban J connectivity index is 2.03. The highest BCUT2D eigenvalue weighted by molar-refractivity contribution is 9.10. The lowest BCUT2D eigenvalue weighted by Gasteiger charge is -2.08. The first-order chi connectivity index (χ1) is 10.2. The summed E-state index contributed by atoms with van der Waals surface area (Å²) < 4.78 is 6.23. The number of halogens is 1. The van der Waals surface area contributed by atoms with Crippen molar-refractivity contribution >= 4 is 21.9 Å². The standard InChI is InChI=1S/C17H18BrNO2/c1-2-19-11-14-8-15(10-16(18)9-14)17(20)21-12-13-6-4-3-5-7-13/h3-10,19H,2,11-12H2,1H3. The summed E-state index contributed by atoms with van der Waals surface area (Å²) in [4.78, 5) is 12.1. The van der Waals surface area contributed by atoms with Crippen LogP contribution >= 0.6 is 15.9 Å². The molecule has 0 radical (unpaired) electrons. The molecule has 0 aromatic heterocycles. The van der Waals surface area contributed by atoms with E-state index in [1.54, 1.807) is 6.07 Å². The Bertz CT molecular complexity index is 599. The van der Waals surface area contributed by atoms with Crippen molar-refractivity contribution in [2.45, 2.75) is 20.1 Å². The normalized spacial score (nSPS) is 10.4. The molecule has 0 unspecified atom stereocenters. The molecular weight excluding hydrogens is 330 g/mol. The fraction of sp³-hybridized carbons (Fsp3) is 0.235. The topological polar surface area (TPSA) is 38.3 Å². The van der Waals surface area contributed by atoms with Crippen molar-refractivity contribution in [1.82, 2.24) is 5.32 Å². The van der Waals surface area contributed by atoms with Crippen molar-refractivity contribution in [3.8, 4) is 0 Å². The van der Waals surface area contributed by atoms with Crippen LogP contribution in [0.5, 0.6) is 0 Å². The number of nitrogens with one attached hydrogen (secondary N) is 1. The van der Waals surface area contributed by atoms with Gasteiger partial charge in [0, 0.05) is 11.0 Å². The maximum atomic E-state index is 12.1. The number of carbonyl (C=O) groups excluding carboxylic acids is 1. The second-order valence-electron chi connectivity index (χ2n) is 4.69. The maximum absolute atomic E-state index is 12.1. The van der Waals surface area contributed by atoms with Gasteiger partial charge in [-0.25, -0.2) is 4.79 Å². The first kappa shape index (κ1) is 15.7. The van der Waals surface area contributed by atoms with Crippen LogP contribution in [0.2, 0.25) is 0 Å². The molecule has 0 saturated heterocycles. The summed E-state index contributed by atoms with van der Waals surface area (Å²) >= 11 is 3.43. The van der Waals surface area contributed by atoms with Gasteiger partial charge < -0.3 is 10.1 Å². The van der Waals surface area contributed by atoms with Gasteiger partial charge in [-0.3, -0.25) is 0 Å². The van der Waals surface area contributed by atoms with Crippen molar-refractivity contribution in [3.05, 3.63) is 69.7 Å². The van der Waals surface area contributed by atoms with E-state index in [9.17, 15) is 4.79 Å². The SMILES string of the molecule is CCNCc1cc(Br)cc(C(=O)OCc2ccccc2)c1. The zero-order chi connectivity index (χ0) is 15.1. The van der Waals surface area contributed by atoms with Crippen LogP contribution in [-0.2, 0) is 17.9 Å². The third-order valence-corrected chi connectivity index (χ3v) is 3.44. The minimum atomic E-state index is -0.307. The third kappa shape index (κ3) is 4.99. The van der Waals surface area contributed by atoms with Gasteiger partial charge in [0.2, 0.25) is 0 Å². The lowest BCUT2D eigenvalue weighted by atomic mass is 10.1. The van der Waals surface area contributed by atoms with Gasteiger partial charge in [0.1, 0.15) is 6.61 Å². The highest BCUT2D eigenvalue weighted by atomic mass is 79.9. The molecule has 0 spiro atoms. The molecule has 0 aliphatic rings. The van der Waals surface area contributed by atoms with E-state index in [-0.39, 0.29) is 12.6 Å². The highest BCUT2D eigenvalue weighted by Crippen LogP contribution is 2.17. The van der Waals surface area contributed by atoms with E-state index < -0.39 is 0 Å². The van der Waals surface area contributed by atoms with Crippen molar-refractivity contribution in [2.75, 3.05) is 6.54 Å². The minimum Gasteiger partial charge on any atom is -0.457 e. The molecule has 2 aromatic carbocycles. The molecule has 4 heteroatoms. The summed E-state index contributed by atoms with van der Waals surface area (Å²) in [6, 6.07) is 15.3. The number of carbonyl (C=O) groups is 1. The number of esters is 1. The van der Waals surface area contributed by atoms with Crippen LogP contribution < -0.4 is 5.32 Å². The monoisotopic (exact) mass is 347 g/mol. The smallest absolute Gasteiger partial charge is 0.338 e. The van der Waals surface area contributed by atoms with Crippen LogP contribution in [0.15, 0.2) is 53.0 Å². The second-order valence-corrected chi connectivity index (χ2v) is 5.61. The van der Waals surface area contributed by atoms with Crippen LogP contribution in [0.4, 0.5) is 0 Å². The number of hydrogen-bond acceptors (Lipinski definition) is 3. The molecule has 0 bridgehead atoms. The first-order valence-electron chi connectivity index (χ1n) is 6.90. The molecule has 0 amide bonds. The molecule has 0 heterocycles. The van der Waals surface area contributed by atoms with Crippen molar-refractivity contribution in [3.63, 3.8) is 0 Å². The van der Waals surface area contributed by atoms with Gasteiger partial charge in [-0.15, -0.1) is 0 Å². The fourth-order valence-corrected chi connectivity index (χ4v) is 2.49. The van der Waals surface area contributed by atoms with Gasteiger partial charge in [-0.2, -0.15) is 0 Å². The van der Waals surface area contributed by atoms with Gasteiger partial charge in [0.15, 0.2) is 0 Å². The Morgan fingerprint density at radius 3 is 2.62 bits per heavy atom. The lowest BCUT2D eigenvalue weighted by Crippen LogP contribution is -2.13. The highest BCUT2D eigenvalue weighted by Gasteiger charge is 2.10. The predicted octanol–water partition coefficient (Wildman–Crippen LogP) is 3.92. The summed E-state index contributed by atoms with van der Waals surface area (Å²) in [5, 5.41) is 3.24. The zero-order valence-electron chi connectivity index (χ0n) is 11.9. The van der Waals surface area contributed by atoms with Gasteiger partial charge in [0.25, 0.3) is 0 Å². The van der Waals surface area contributed by atoms with Gasteiger partial charge in [0.05, 0.1) is 5.56 Å². The molecule has 2 rings (SSSR count). The molecule has 2 aromatic rings. The van der Waals surface area contributed by atoms with E-state index in [1.807, 2.05) is 49.4 Å². The number of ether oxygens (including phenoxy) is 1. The summed E-state index contributed by atoms with van der Waals surface area (Å²) in [5.74, 6) is -0.307. The van der Waals surface area contributed by atoms with E-state index in [4.69, 9.17) is 4.74 Å². The van der Waals surface area contributed by atoms with Crippen LogP contribution in [0.3, 0.4) is 0 Å². The largest absolute Gasteiger partial charge is 0.457 e. The van der Waals surface area contributed by atoms with Crippen molar-refractivity contribution in [1.29, 1.82) is 0 Å². The van der Waals surface area contributed by atoms with E-state index in [0.29, 0.717) is 5.56 Å². The molecule has 110 valence electrons. The maximum Gasteiger partial charge on any atom is 0.338 e. The Kier molecular flexibility index (Phi) is 5.96. The van der Waals surface area contributed by atoms with E-state index >= 15 is 0 Å². The molecule has 21 heavy (non-hydrogen) atoms. The van der Waals surface area contributed by atoms with Gasteiger partial charge in [-0.1, -0.05) is 53.2 Å². The molecular formula is C17H18BrNO2. The molecule has 1 N–H and O–H groups in total. The lowest BCUT2D eigenvalue weighted by molar-refractivity contribution is 0.0472. The average Bonchev–Trinajstić information content (AvgIpc) is 2.51. The van der Waals surface area contributed by atoms with E-state index in [0.717, 1.165) is 28.7 Å². The minimum absolute atomic E-state index is 0.286. The average molecular weight is 348 g/mol. The Morgan fingerprint density at radius 2 is 1.90 bits per heavy atom. The Labute approximate surface area is 133 Å². The molecule has 0 saturated carbocycles. The summed E-state index contributed by atoms with van der Waals surface area (Å²) in [5.41, 5.74) is 2.60. The molecule has 0 atom stereocenters. The quantitative estimate of drug-likeness (QED) is 0.805. The second kappa shape index (κ2) is 7.96. The van der Waals surface area contributed by atoms with Gasteiger partial charge >= 0.3 is 5.97 Å². The molecule has 0 aliphatic carbocycles. The van der Waals surface area contributed by atoms with Crippen LogP contribution in [-0.4, -0.2) is 12.5 Å². The van der Waals surface area contributed by atoms with Crippen molar-refractivity contribution in [2.24, 2.45) is 0 Å². The summed E-state index contributed by atoms with van der Waals surface area (Å²) in [6.45, 7) is 3.96. The fourth-order valence-electron chi connectivity index (χ4n) is 1.95. The van der Waals surface area contributed by atoms with Crippen LogP contribution in [0, 0.1) is 0 Å². The number of benzene rings is 2. The van der Waals surface area contributed by atoms with E-state index in [2.05, 4.69) is 21.2 Å². The van der Waals surface area contributed by atoms with Crippen molar-refractivity contribution < 1.29 is 9.53 Å². The molecule has 0 fully saturated rings. The Morgan fingerprint density at radius 1 is 1.14 bits per heavy atom. The molecule has 3 nitrogen and oxygen atoms in total. The predicted molar refractivity (Wildman–Crippen MR) is 87.1 cm³/mol. The summed E-state index contributed by atoms with van der Waals surface area (Å²) in [7, 11) is 0.